The van der Waals surface area contributed by atoms with Crippen LogP contribution in [0.25, 0.3) is 0 Å². The minimum atomic E-state index is -2.29. The Morgan fingerprint density at radius 2 is 1.73 bits per heavy atom. The van der Waals surface area contributed by atoms with E-state index in [1.807, 2.05) is 41.5 Å². The van der Waals surface area contributed by atoms with Gasteiger partial charge in [0.1, 0.15) is 5.76 Å². The maximum absolute atomic E-state index is 12.9. The molecule has 1 aliphatic rings. The highest BCUT2D eigenvalue weighted by Crippen LogP contribution is 2.41. The molecule has 0 aromatic heterocycles. The monoisotopic (exact) mass is 366 g/mol. The lowest BCUT2D eigenvalue weighted by molar-refractivity contribution is -0.142. The van der Waals surface area contributed by atoms with Crippen molar-refractivity contribution < 1.29 is 24.9 Å². The van der Waals surface area contributed by atoms with Crippen molar-refractivity contribution in [1.82, 2.24) is 0 Å². The number of hydrogen-bond acceptors (Lipinski definition) is 5. The first-order valence-electron chi connectivity index (χ1n) is 9.52. The van der Waals surface area contributed by atoms with Crippen molar-refractivity contribution in [1.29, 1.82) is 0 Å². The van der Waals surface area contributed by atoms with Gasteiger partial charge in [-0.25, -0.2) is 0 Å². The molecule has 5 nitrogen and oxygen atoms in total. The number of carbonyl (C=O) groups excluding carboxylic acids is 2. The number of aliphatic hydroxyl groups is 3. The highest BCUT2D eigenvalue weighted by molar-refractivity contribution is 6.10. The van der Waals surface area contributed by atoms with Crippen molar-refractivity contribution >= 4 is 11.6 Å². The van der Waals surface area contributed by atoms with E-state index in [0.29, 0.717) is 6.42 Å². The smallest absolute Gasteiger partial charge is 0.193 e. The van der Waals surface area contributed by atoms with Crippen molar-refractivity contribution in [3.8, 4) is 0 Å². The summed E-state index contributed by atoms with van der Waals surface area (Å²) in [4.78, 5) is 25.6. The van der Waals surface area contributed by atoms with Crippen LogP contribution in [0.3, 0.4) is 0 Å². The maximum Gasteiger partial charge on any atom is 0.193 e. The van der Waals surface area contributed by atoms with Crippen LogP contribution in [0.1, 0.15) is 60.8 Å². The van der Waals surface area contributed by atoms with E-state index in [4.69, 9.17) is 0 Å². The third-order valence-corrected chi connectivity index (χ3v) is 4.70. The number of ketones is 2. The van der Waals surface area contributed by atoms with E-state index in [9.17, 15) is 24.9 Å². The second-order valence-corrected chi connectivity index (χ2v) is 8.50. The van der Waals surface area contributed by atoms with Crippen LogP contribution in [0.15, 0.2) is 23.5 Å². The van der Waals surface area contributed by atoms with E-state index in [2.05, 4.69) is 0 Å². The van der Waals surface area contributed by atoms with Gasteiger partial charge in [-0.1, -0.05) is 53.7 Å². The Bertz CT molecular complexity index is 585. The van der Waals surface area contributed by atoms with Crippen LogP contribution >= 0.6 is 0 Å². The number of carbonyl (C=O) groups is 2. The molecule has 0 spiro atoms. The molecule has 5 heteroatoms. The predicted octanol–water partition coefficient (Wildman–Crippen LogP) is 3.35. The summed E-state index contributed by atoms with van der Waals surface area (Å²) in [5.74, 6) is -2.57. The number of hydrogen-bond donors (Lipinski definition) is 3. The fraction of sp³-hybridized carbons (Fsp3) is 0.714. The first-order chi connectivity index (χ1) is 11.9. The Kier molecular flexibility index (Phi) is 7.78. The second-order valence-electron chi connectivity index (χ2n) is 8.50. The van der Waals surface area contributed by atoms with Crippen LogP contribution in [-0.2, 0) is 9.59 Å². The predicted molar refractivity (Wildman–Crippen MR) is 102 cm³/mol. The summed E-state index contributed by atoms with van der Waals surface area (Å²) >= 11 is 0. The number of rotatable bonds is 9. The van der Waals surface area contributed by atoms with E-state index in [-0.39, 0.29) is 36.2 Å². The van der Waals surface area contributed by atoms with Crippen molar-refractivity contribution in [2.45, 2.75) is 72.5 Å². The normalized spacial score (nSPS) is 25.3. The van der Waals surface area contributed by atoms with Gasteiger partial charge < -0.3 is 15.3 Å². The molecule has 3 atom stereocenters. The SMILES string of the molecule is CC(C)/C=C/C1C(=O)C(C(O)CC(C)C)=C(O)C1(O)C(=O)CCC(C)C. The summed E-state index contributed by atoms with van der Waals surface area (Å²) in [6.45, 7) is 11.5. The van der Waals surface area contributed by atoms with Gasteiger partial charge in [0, 0.05) is 6.42 Å². The van der Waals surface area contributed by atoms with E-state index in [1.165, 1.54) is 6.08 Å². The van der Waals surface area contributed by atoms with Crippen molar-refractivity contribution in [3.05, 3.63) is 23.5 Å². The molecule has 148 valence electrons. The van der Waals surface area contributed by atoms with Gasteiger partial charge in [0.15, 0.2) is 17.2 Å². The molecule has 0 radical (unpaired) electrons. The van der Waals surface area contributed by atoms with Gasteiger partial charge >= 0.3 is 0 Å². The lowest BCUT2D eigenvalue weighted by atomic mass is 9.82. The fourth-order valence-corrected chi connectivity index (χ4v) is 3.19. The molecule has 0 bridgehead atoms. The lowest BCUT2D eigenvalue weighted by Gasteiger charge is -2.26. The van der Waals surface area contributed by atoms with Gasteiger partial charge in [-0.05, 0) is 30.6 Å². The van der Waals surface area contributed by atoms with Gasteiger partial charge in [0.25, 0.3) is 0 Å². The zero-order chi connectivity index (χ0) is 20.2. The van der Waals surface area contributed by atoms with Gasteiger partial charge in [-0.3, -0.25) is 9.59 Å². The topological polar surface area (TPSA) is 94.8 Å². The number of aliphatic hydroxyl groups excluding tert-OH is 2. The van der Waals surface area contributed by atoms with Gasteiger partial charge in [0.05, 0.1) is 17.6 Å². The van der Waals surface area contributed by atoms with Crippen molar-refractivity contribution in [2.24, 2.45) is 23.7 Å². The molecule has 1 aliphatic carbocycles. The van der Waals surface area contributed by atoms with Crippen molar-refractivity contribution in [3.63, 3.8) is 0 Å². The average molecular weight is 366 g/mol. The largest absolute Gasteiger partial charge is 0.508 e. The molecule has 0 aliphatic heterocycles. The summed E-state index contributed by atoms with van der Waals surface area (Å²) in [7, 11) is 0. The minimum Gasteiger partial charge on any atom is -0.508 e. The third-order valence-electron chi connectivity index (χ3n) is 4.70. The Labute approximate surface area is 156 Å². The zero-order valence-corrected chi connectivity index (χ0v) is 16.8. The first kappa shape index (κ1) is 22.6. The van der Waals surface area contributed by atoms with Crippen LogP contribution < -0.4 is 0 Å². The summed E-state index contributed by atoms with van der Waals surface area (Å²) in [6, 6.07) is 0. The van der Waals surface area contributed by atoms with Crippen LogP contribution in [0, 0.1) is 23.7 Å². The molecule has 3 unspecified atom stereocenters. The Morgan fingerprint density at radius 1 is 1.15 bits per heavy atom. The van der Waals surface area contributed by atoms with Gasteiger partial charge in [0.2, 0.25) is 0 Å². The molecule has 0 aromatic carbocycles. The molecule has 3 N–H and O–H groups in total. The standard InChI is InChI=1S/C21H34O5/c1-12(2)7-9-15-19(24)18(16(22)11-14(5)6)20(25)21(15,26)17(23)10-8-13(3)4/h7,9,12-16,22,25-26H,8,10-11H2,1-6H3/b9-7+. The number of allylic oxidation sites excluding steroid dienone is 1. The fourth-order valence-electron chi connectivity index (χ4n) is 3.19. The van der Waals surface area contributed by atoms with Crippen LogP contribution in [0.5, 0.6) is 0 Å². The van der Waals surface area contributed by atoms with Crippen molar-refractivity contribution in [2.75, 3.05) is 0 Å². The third kappa shape index (κ3) is 4.83. The number of Topliss-reactive ketones (excluding diaryl/α,β-unsaturated/α-hetero) is 2. The Morgan fingerprint density at radius 3 is 2.19 bits per heavy atom. The average Bonchev–Trinajstić information content (AvgIpc) is 2.69. The van der Waals surface area contributed by atoms with Gasteiger partial charge in [-0.15, -0.1) is 0 Å². The maximum atomic E-state index is 12.9. The van der Waals surface area contributed by atoms with Gasteiger partial charge in [-0.2, -0.15) is 0 Å². The molecule has 0 fully saturated rings. The molecular formula is C21H34O5. The molecular weight excluding hydrogens is 332 g/mol. The highest BCUT2D eigenvalue weighted by atomic mass is 16.4. The molecule has 0 saturated heterocycles. The van der Waals surface area contributed by atoms with Crippen LogP contribution in [-0.4, -0.2) is 38.6 Å². The minimum absolute atomic E-state index is 0.0606. The zero-order valence-electron chi connectivity index (χ0n) is 16.8. The molecule has 0 amide bonds. The van der Waals surface area contributed by atoms with E-state index >= 15 is 0 Å². The summed E-state index contributed by atoms with van der Waals surface area (Å²) in [5, 5.41) is 32.1. The quantitative estimate of drug-likeness (QED) is 0.544. The van der Waals surface area contributed by atoms with E-state index in [0.717, 1.165) is 0 Å². The Balaban J connectivity index is 3.34. The van der Waals surface area contributed by atoms with Crippen LogP contribution in [0.2, 0.25) is 0 Å². The van der Waals surface area contributed by atoms with E-state index in [1.54, 1.807) is 6.08 Å². The first-order valence-corrected chi connectivity index (χ1v) is 9.52. The lowest BCUT2D eigenvalue weighted by Crippen LogP contribution is -2.46. The molecule has 0 saturated carbocycles. The molecule has 0 aromatic rings. The molecule has 1 rings (SSSR count). The molecule has 26 heavy (non-hydrogen) atoms. The van der Waals surface area contributed by atoms with Crippen LogP contribution in [0.4, 0.5) is 0 Å². The summed E-state index contributed by atoms with van der Waals surface area (Å²) in [6.07, 6.45) is 2.89. The second kappa shape index (κ2) is 8.96. The Hall–Kier alpha value is -1.46. The highest BCUT2D eigenvalue weighted by Gasteiger charge is 2.57. The molecule has 0 heterocycles. The summed E-state index contributed by atoms with van der Waals surface area (Å²) in [5.41, 5.74) is -2.51. The summed E-state index contributed by atoms with van der Waals surface area (Å²) < 4.78 is 0. The van der Waals surface area contributed by atoms with E-state index < -0.39 is 34.9 Å².